The molecule has 1 aliphatic rings. The summed E-state index contributed by atoms with van der Waals surface area (Å²) in [6, 6.07) is 10.4. The SMILES string of the molecule is CC[Si](CC)(CC)c1c2c3cc(ccc3n1C(C)=O)CCOCCCCCCCCC2. The summed E-state index contributed by atoms with van der Waals surface area (Å²) < 4.78 is 8.05. The summed E-state index contributed by atoms with van der Waals surface area (Å²) in [6.45, 7) is 10.5. The third-order valence-corrected chi connectivity index (χ3v) is 13.3. The van der Waals surface area contributed by atoms with Crippen LogP contribution in [0.3, 0.4) is 0 Å². The number of rotatable bonds is 4. The lowest BCUT2D eigenvalue weighted by Crippen LogP contribution is -2.52. The molecule has 0 N–H and O–H groups in total. The second-order valence-electron chi connectivity index (χ2n) is 9.46. The maximum Gasteiger partial charge on any atom is 0.227 e. The van der Waals surface area contributed by atoms with Crippen LogP contribution in [0.4, 0.5) is 0 Å². The first kappa shape index (κ1) is 24.3. The number of benzene rings is 1. The Morgan fingerprint density at radius 2 is 1.55 bits per heavy atom. The van der Waals surface area contributed by atoms with Crippen molar-refractivity contribution in [3.63, 3.8) is 0 Å². The van der Waals surface area contributed by atoms with Crippen LogP contribution in [-0.2, 0) is 17.6 Å². The Kier molecular flexibility index (Phi) is 8.97. The molecule has 0 spiro atoms. The molecule has 2 bridgehead atoms. The van der Waals surface area contributed by atoms with Crippen LogP contribution in [0, 0.1) is 0 Å². The minimum atomic E-state index is -1.73. The van der Waals surface area contributed by atoms with E-state index >= 15 is 0 Å². The van der Waals surface area contributed by atoms with E-state index in [4.69, 9.17) is 4.74 Å². The highest BCUT2D eigenvalue weighted by atomic mass is 28.3. The summed E-state index contributed by atoms with van der Waals surface area (Å²) in [5.41, 5.74) is 3.97. The zero-order chi connectivity index (χ0) is 22.3. The zero-order valence-electron chi connectivity index (χ0n) is 20.4. The van der Waals surface area contributed by atoms with Gasteiger partial charge >= 0.3 is 0 Å². The summed E-state index contributed by atoms with van der Waals surface area (Å²) in [5, 5.41) is 2.78. The molecule has 0 aliphatic carbocycles. The minimum Gasteiger partial charge on any atom is -0.381 e. The first-order chi connectivity index (χ1) is 15.1. The average Bonchev–Trinajstić information content (AvgIpc) is 3.10. The summed E-state index contributed by atoms with van der Waals surface area (Å²) in [6.07, 6.45) is 11.1. The Morgan fingerprint density at radius 3 is 2.19 bits per heavy atom. The zero-order valence-corrected chi connectivity index (χ0v) is 21.4. The quantitative estimate of drug-likeness (QED) is 0.485. The van der Waals surface area contributed by atoms with Gasteiger partial charge in [0.05, 0.1) is 12.1 Å². The predicted octanol–water partition coefficient (Wildman–Crippen LogP) is 6.86. The van der Waals surface area contributed by atoms with Crippen molar-refractivity contribution in [3.05, 3.63) is 29.3 Å². The summed E-state index contributed by atoms with van der Waals surface area (Å²) in [5.74, 6) is 0.181. The number of hydrogen-bond acceptors (Lipinski definition) is 2. The topological polar surface area (TPSA) is 31.2 Å². The van der Waals surface area contributed by atoms with Crippen LogP contribution < -0.4 is 5.32 Å². The molecule has 0 radical (unpaired) electrons. The number of ether oxygens (including phenoxy) is 1. The van der Waals surface area contributed by atoms with Gasteiger partial charge in [0.15, 0.2) is 0 Å². The average molecular weight is 442 g/mol. The van der Waals surface area contributed by atoms with Crippen LogP contribution in [0.15, 0.2) is 18.2 Å². The number of hydrogen-bond donors (Lipinski definition) is 0. The molecule has 3 nitrogen and oxygen atoms in total. The van der Waals surface area contributed by atoms with Gasteiger partial charge in [-0.2, -0.15) is 0 Å². The predicted molar refractivity (Wildman–Crippen MR) is 136 cm³/mol. The van der Waals surface area contributed by atoms with E-state index < -0.39 is 8.07 Å². The van der Waals surface area contributed by atoms with Crippen LogP contribution in [0.2, 0.25) is 18.1 Å². The van der Waals surface area contributed by atoms with Gasteiger partial charge in [0.2, 0.25) is 5.91 Å². The molecule has 0 unspecified atom stereocenters. The van der Waals surface area contributed by atoms with E-state index in [-0.39, 0.29) is 5.91 Å². The molecule has 1 aromatic carbocycles. The smallest absolute Gasteiger partial charge is 0.227 e. The highest BCUT2D eigenvalue weighted by molar-refractivity contribution is 6.92. The van der Waals surface area contributed by atoms with Crippen LogP contribution in [-0.4, -0.2) is 31.8 Å². The minimum absolute atomic E-state index is 0.181. The van der Waals surface area contributed by atoms with Gasteiger partial charge in [0, 0.05) is 24.2 Å². The van der Waals surface area contributed by atoms with Gasteiger partial charge in [-0.05, 0) is 48.9 Å². The first-order valence-corrected chi connectivity index (χ1v) is 15.5. The fourth-order valence-corrected chi connectivity index (χ4v) is 9.79. The molecule has 1 aromatic heterocycles. The molecule has 0 fully saturated rings. The molecule has 0 saturated carbocycles. The van der Waals surface area contributed by atoms with Crippen molar-refractivity contribution < 1.29 is 9.53 Å². The van der Waals surface area contributed by atoms with Crippen molar-refractivity contribution in [1.82, 2.24) is 4.57 Å². The fourth-order valence-electron chi connectivity index (χ4n) is 5.63. The highest BCUT2D eigenvalue weighted by Crippen LogP contribution is 2.31. The maximum absolute atomic E-state index is 13.0. The first-order valence-electron chi connectivity index (χ1n) is 12.8. The Hall–Kier alpha value is -1.39. The number of carbonyl (C=O) groups is 1. The van der Waals surface area contributed by atoms with Crippen molar-refractivity contribution in [2.24, 2.45) is 0 Å². The van der Waals surface area contributed by atoms with E-state index in [1.807, 2.05) is 0 Å². The standard InChI is InChI=1S/C27H43NO2Si/c1-5-31(6-2,7-3)27-24-15-13-11-9-8-10-12-14-19-30-20-18-23-16-17-26(25(24)21-23)28(27)22(4)29/h16-17,21H,5-15,18-20H2,1-4H3. The largest absolute Gasteiger partial charge is 0.381 e. The third kappa shape index (κ3) is 5.34. The van der Waals surface area contributed by atoms with Gasteiger partial charge in [-0.1, -0.05) is 77.1 Å². The molecule has 31 heavy (non-hydrogen) atoms. The molecular weight excluding hydrogens is 398 g/mol. The van der Waals surface area contributed by atoms with Crippen molar-refractivity contribution in [2.75, 3.05) is 13.2 Å². The molecule has 1 aliphatic heterocycles. The number of aryl methyl sites for hydroxylation is 1. The third-order valence-electron chi connectivity index (χ3n) is 7.73. The summed E-state index contributed by atoms with van der Waals surface area (Å²) >= 11 is 0. The lowest BCUT2D eigenvalue weighted by Gasteiger charge is -2.31. The van der Waals surface area contributed by atoms with Gasteiger partial charge in [-0.25, -0.2) is 0 Å². The molecule has 0 amide bonds. The number of nitrogens with zero attached hydrogens (tertiary/aromatic N) is 1. The van der Waals surface area contributed by atoms with Crippen molar-refractivity contribution >= 4 is 30.2 Å². The molecule has 3 rings (SSSR count). The van der Waals surface area contributed by atoms with Crippen LogP contribution in [0.5, 0.6) is 0 Å². The van der Waals surface area contributed by atoms with Gasteiger partial charge in [0.1, 0.15) is 8.07 Å². The highest BCUT2D eigenvalue weighted by Gasteiger charge is 2.37. The molecule has 4 heteroatoms. The van der Waals surface area contributed by atoms with Crippen LogP contribution in [0.1, 0.15) is 88.6 Å². The van der Waals surface area contributed by atoms with Gasteiger partial charge in [-0.15, -0.1) is 0 Å². The lowest BCUT2D eigenvalue weighted by atomic mass is 10.0. The number of aromatic nitrogens is 1. The Balaban J connectivity index is 2.14. The normalized spacial score (nSPS) is 17.3. The molecule has 0 saturated heterocycles. The van der Waals surface area contributed by atoms with Crippen molar-refractivity contribution in [2.45, 2.75) is 104 Å². The van der Waals surface area contributed by atoms with E-state index in [9.17, 15) is 4.79 Å². The second kappa shape index (κ2) is 11.5. The monoisotopic (exact) mass is 441 g/mol. The lowest BCUT2D eigenvalue weighted by molar-refractivity contribution is 0.0944. The van der Waals surface area contributed by atoms with Crippen molar-refractivity contribution in [3.8, 4) is 0 Å². The molecular formula is C27H43NO2Si. The van der Waals surface area contributed by atoms with Gasteiger partial charge in [-0.3, -0.25) is 9.36 Å². The molecule has 2 aromatic rings. The van der Waals surface area contributed by atoms with E-state index in [0.29, 0.717) is 0 Å². The maximum atomic E-state index is 13.0. The summed E-state index contributed by atoms with van der Waals surface area (Å²) in [4.78, 5) is 13.0. The van der Waals surface area contributed by atoms with E-state index in [1.54, 1.807) is 6.92 Å². The molecule has 172 valence electrons. The van der Waals surface area contributed by atoms with Crippen LogP contribution in [0.25, 0.3) is 10.9 Å². The number of fused-ring (bicyclic) bond motifs is 1. The molecule has 0 atom stereocenters. The fraction of sp³-hybridized carbons (Fsp3) is 0.667. The van der Waals surface area contributed by atoms with Gasteiger partial charge in [0.25, 0.3) is 0 Å². The van der Waals surface area contributed by atoms with Crippen LogP contribution >= 0.6 is 0 Å². The van der Waals surface area contributed by atoms with E-state index in [2.05, 4.69) is 43.5 Å². The number of carbonyl (C=O) groups excluding carboxylic acids is 1. The Bertz CT molecular complexity index is 857. The van der Waals surface area contributed by atoms with Crippen molar-refractivity contribution in [1.29, 1.82) is 0 Å². The summed E-state index contributed by atoms with van der Waals surface area (Å²) in [7, 11) is -1.73. The Morgan fingerprint density at radius 1 is 0.903 bits per heavy atom. The van der Waals surface area contributed by atoms with Gasteiger partial charge < -0.3 is 4.74 Å². The second-order valence-corrected chi connectivity index (χ2v) is 14.6. The molecule has 2 heterocycles. The van der Waals surface area contributed by atoms with E-state index in [1.165, 1.54) is 84.9 Å². The van der Waals surface area contributed by atoms with E-state index in [0.717, 1.165) is 31.6 Å². The Labute approximate surface area is 190 Å².